The van der Waals surface area contributed by atoms with Crippen molar-refractivity contribution in [3.05, 3.63) is 103 Å². The van der Waals surface area contributed by atoms with Crippen LogP contribution in [0.25, 0.3) is 0 Å². The molecule has 0 aromatic carbocycles. The summed E-state index contributed by atoms with van der Waals surface area (Å²) in [4.78, 5) is 16.8. The minimum atomic E-state index is 1.58. The largest absolute Gasteiger partial charge is 0.368 e. The van der Waals surface area contributed by atoms with Crippen LogP contribution < -0.4 is 0 Å². The van der Waals surface area contributed by atoms with E-state index in [-0.39, 0.29) is 0 Å². The van der Waals surface area contributed by atoms with Gasteiger partial charge < -0.3 is 9.97 Å². The third-order valence-electron chi connectivity index (χ3n) is 2.15. The van der Waals surface area contributed by atoms with E-state index in [0.29, 0.717) is 0 Å². The molecule has 0 radical (unpaired) electrons. The average molecular weight is 368 g/mol. The molecule has 5 heterocycles. The van der Waals surface area contributed by atoms with Gasteiger partial charge in [-0.2, -0.15) is 15.4 Å². The smallest absolute Gasteiger partial charge is 0.0919 e. The third-order valence-corrected chi connectivity index (χ3v) is 2.67. The summed E-state index contributed by atoms with van der Waals surface area (Å²) in [5, 5.41) is 11.3. The van der Waals surface area contributed by atoms with Gasteiger partial charge in [0.1, 0.15) is 0 Å². The molecule has 0 saturated carbocycles. The Morgan fingerprint density at radius 2 is 1.35 bits per heavy atom. The molecule has 5 aromatic rings. The van der Waals surface area contributed by atoms with Crippen LogP contribution in [0.1, 0.15) is 0 Å². The number of pyridine rings is 1. The lowest BCUT2D eigenvalue weighted by Gasteiger charge is -1.70. The molecule has 0 amide bonds. The number of imidazole rings is 1. The first-order valence-electron chi connectivity index (χ1n) is 7.47. The Morgan fingerprint density at radius 3 is 1.54 bits per heavy atom. The van der Waals surface area contributed by atoms with Crippen molar-refractivity contribution in [1.29, 1.82) is 0 Å². The molecule has 8 nitrogen and oxygen atoms in total. The minimum Gasteiger partial charge on any atom is -0.368 e. The van der Waals surface area contributed by atoms with Gasteiger partial charge in [0.15, 0.2) is 0 Å². The number of hydrogen-bond donors (Lipinski definition) is 3. The highest BCUT2D eigenvalue weighted by Crippen LogP contribution is 1.85. The molecular formula is C17H20N8S. The second kappa shape index (κ2) is 17.8. The van der Waals surface area contributed by atoms with Crippen LogP contribution in [0.2, 0.25) is 0 Å². The van der Waals surface area contributed by atoms with Crippen LogP contribution in [0.15, 0.2) is 103 Å². The predicted octanol–water partition coefficient (Wildman–Crippen LogP) is 3.45. The van der Waals surface area contributed by atoms with Crippen LogP contribution in [-0.4, -0.2) is 40.3 Å². The van der Waals surface area contributed by atoms with Crippen molar-refractivity contribution in [3.8, 4) is 0 Å². The number of hydrogen-bond acceptors (Lipinski definition) is 6. The summed E-state index contributed by atoms with van der Waals surface area (Å²) in [5.41, 5.74) is 1.79. The van der Waals surface area contributed by atoms with E-state index >= 15 is 0 Å². The van der Waals surface area contributed by atoms with E-state index in [1.807, 2.05) is 48.1 Å². The first-order chi connectivity index (χ1) is 13.0. The van der Waals surface area contributed by atoms with E-state index in [2.05, 4.69) is 40.3 Å². The Kier molecular flexibility index (Phi) is 14.0. The number of aromatic amines is 3. The van der Waals surface area contributed by atoms with Crippen LogP contribution in [0.5, 0.6) is 0 Å². The Balaban J connectivity index is 0.000000163. The number of aromatic nitrogens is 8. The number of H-pyrrole nitrogens is 3. The lowest BCUT2D eigenvalue weighted by Crippen LogP contribution is -1.61. The first-order valence-corrected chi connectivity index (χ1v) is 8.42. The summed E-state index contributed by atoms with van der Waals surface area (Å²) in [7, 11) is 0. The van der Waals surface area contributed by atoms with Crippen molar-refractivity contribution in [2.75, 3.05) is 0 Å². The van der Waals surface area contributed by atoms with Gasteiger partial charge >= 0.3 is 0 Å². The molecule has 0 atom stereocenters. The van der Waals surface area contributed by atoms with Crippen molar-refractivity contribution in [2.24, 2.45) is 0 Å². The van der Waals surface area contributed by atoms with Crippen LogP contribution in [0, 0.1) is 0 Å². The topological polar surface area (TPSA) is 112 Å². The summed E-state index contributed by atoms with van der Waals surface area (Å²) < 4.78 is 0. The van der Waals surface area contributed by atoms with E-state index in [9.17, 15) is 0 Å². The lowest BCUT2D eigenvalue weighted by atomic mass is 10.5. The highest BCUT2D eigenvalue weighted by molar-refractivity contribution is 7.07. The molecule has 5 aromatic heterocycles. The summed E-state index contributed by atoms with van der Waals surface area (Å²) in [5.74, 6) is 0. The number of nitrogens with zero attached hydrogens (tertiary/aromatic N) is 5. The summed E-state index contributed by atoms with van der Waals surface area (Å²) in [6.07, 6.45) is 17.3. The normalized spacial score (nSPS) is 8.00. The summed E-state index contributed by atoms with van der Waals surface area (Å²) in [6.45, 7) is 0. The Morgan fingerprint density at radius 1 is 0.577 bits per heavy atom. The van der Waals surface area contributed by atoms with Crippen molar-refractivity contribution < 1.29 is 0 Å². The summed E-state index contributed by atoms with van der Waals surface area (Å²) in [6, 6.07) is 9.60. The van der Waals surface area contributed by atoms with Gasteiger partial charge in [0.05, 0.1) is 24.2 Å². The second-order valence-corrected chi connectivity index (χ2v) is 4.76. The molecule has 26 heavy (non-hydrogen) atoms. The van der Waals surface area contributed by atoms with Crippen LogP contribution in [0.3, 0.4) is 0 Å². The van der Waals surface area contributed by atoms with Gasteiger partial charge in [0, 0.05) is 48.8 Å². The van der Waals surface area contributed by atoms with Crippen LogP contribution in [-0.2, 0) is 0 Å². The minimum absolute atomic E-state index is 1.58. The molecule has 134 valence electrons. The SMILES string of the molecule is c1c[nH]cn1.c1cc[nH]c1.c1ccncc1.c1cn[nH]n1.c1cscn1. The Bertz CT molecular complexity index is 538. The summed E-state index contributed by atoms with van der Waals surface area (Å²) >= 11 is 1.60. The second-order valence-electron chi connectivity index (χ2n) is 4.00. The number of rotatable bonds is 0. The van der Waals surface area contributed by atoms with Crippen molar-refractivity contribution in [2.45, 2.75) is 0 Å². The van der Waals surface area contributed by atoms with Gasteiger partial charge in [0.2, 0.25) is 0 Å². The van der Waals surface area contributed by atoms with Crippen molar-refractivity contribution >= 4 is 11.3 Å². The molecule has 0 aliphatic heterocycles. The Hall–Kier alpha value is -3.59. The van der Waals surface area contributed by atoms with E-state index < -0.39 is 0 Å². The zero-order valence-corrected chi connectivity index (χ0v) is 14.8. The third kappa shape index (κ3) is 15.3. The van der Waals surface area contributed by atoms with Gasteiger partial charge in [-0.05, 0) is 24.3 Å². The standard InChI is InChI=1S/C5H5N.C4H5N.C3H4N2.C3H3NS.C2H3N3/c1-2-4-6-5-3-1;1-2-4-5-3-1;2*1-2-5-3-4-1;1-2-4-5-3-1/h1-5H;1-5H;1-3H,(H,4,5);1-3H;1-2H,(H,3,4,5). The van der Waals surface area contributed by atoms with Crippen LogP contribution in [0.4, 0.5) is 0 Å². The van der Waals surface area contributed by atoms with Gasteiger partial charge in [-0.1, -0.05) is 6.07 Å². The molecule has 0 saturated heterocycles. The first kappa shape index (κ1) is 20.5. The number of nitrogens with one attached hydrogen (secondary N) is 3. The highest BCUT2D eigenvalue weighted by Gasteiger charge is 1.60. The Labute approximate surface area is 155 Å². The van der Waals surface area contributed by atoms with Gasteiger partial charge in [-0.25, -0.2) is 4.98 Å². The van der Waals surface area contributed by atoms with E-state index in [1.54, 1.807) is 66.6 Å². The highest BCUT2D eigenvalue weighted by atomic mass is 32.1. The fourth-order valence-corrected chi connectivity index (χ4v) is 1.50. The van der Waals surface area contributed by atoms with Crippen molar-refractivity contribution in [3.63, 3.8) is 0 Å². The molecule has 0 aliphatic rings. The van der Waals surface area contributed by atoms with Gasteiger partial charge in [-0.3, -0.25) is 9.97 Å². The van der Waals surface area contributed by atoms with Crippen LogP contribution >= 0.6 is 11.3 Å². The molecule has 0 bridgehead atoms. The predicted molar refractivity (Wildman–Crippen MR) is 102 cm³/mol. The molecule has 0 fully saturated rings. The molecule has 5 rings (SSSR count). The quantitative estimate of drug-likeness (QED) is 0.387. The van der Waals surface area contributed by atoms with E-state index in [1.165, 1.54) is 0 Å². The molecule has 3 N–H and O–H groups in total. The van der Waals surface area contributed by atoms with Crippen molar-refractivity contribution in [1.82, 2.24) is 40.3 Å². The zero-order valence-electron chi connectivity index (χ0n) is 14.0. The number of thiazole rings is 1. The molecule has 0 spiro atoms. The molecule has 9 heteroatoms. The molecule has 0 unspecified atom stereocenters. The zero-order chi connectivity index (χ0) is 18.4. The monoisotopic (exact) mass is 368 g/mol. The fraction of sp³-hybridized carbons (Fsp3) is 0. The van der Waals surface area contributed by atoms with Gasteiger partial charge in [0.25, 0.3) is 0 Å². The van der Waals surface area contributed by atoms with E-state index in [0.717, 1.165) is 0 Å². The maximum atomic E-state index is 3.78. The fourth-order valence-electron chi connectivity index (χ4n) is 1.15. The maximum Gasteiger partial charge on any atom is 0.0919 e. The van der Waals surface area contributed by atoms with Gasteiger partial charge in [-0.15, -0.1) is 11.3 Å². The lowest BCUT2D eigenvalue weighted by molar-refractivity contribution is 0.940. The maximum absolute atomic E-state index is 3.78. The average Bonchev–Trinajstić information content (AvgIpc) is 3.56. The van der Waals surface area contributed by atoms with E-state index in [4.69, 9.17) is 0 Å². The molecule has 0 aliphatic carbocycles. The molecular weight excluding hydrogens is 348 g/mol.